The standard InChI is InChI=1S/C9H10FN/c10-9(7-11)6-8-4-2-1-3-5-8/h1-6H,7,11H2/b9-6-. The molecule has 1 rings (SSSR count). The Hall–Kier alpha value is -1.15. The average molecular weight is 151 g/mol. The third-order valence-corrected chi connectivity index (χ3v) is 1.32. The van der Waals surface area contributed by atoms with Crippen LogP contribution in [0.3, 0.4) is 0 Å². The van der Waals surface area contributed by atoms with Gasteiger partial charge in [-0.3, -0.25) is 0 Å². The average Bonchev–Trinajstić information content (AvgIpc) is 2.06. The van der Waals surface area contributed by atoms with Crippen molar-refractivity contribution in [3.05, 3.63) is 41.7 Å². The topological polar surface area (TPSA) is 26.0 Å². The highest BCUT2D eigenvalue weighted by molar-refractivity contribution is 5.50. The van der Waals surface area contributed by atoms with Gasteiger partial charge in [0.25, 0.3) is 0 Å². The third kappa shape index (κ3) is 2.51. The van der Waals surface area contributed by atoms with Crippen LogP contribution in [0.15, 0.2) is 36.2 Å². The second-order valence-corrected chi connectivity index (χ2v) is 2.21. The van der Waals surface area contributed by atoms with Crippen LogP contribution < -0.4 is 5.73 Å². The Labute approximate surface area is 65.3 Å². The third-order valence-electron chi connectivity index (χ3n) is 1.32. The van der Waals surface area contributed by atoms with Crippen molar-refractivity contribution in [3.8, 4) is 0 Å². The van der Waals surface area contributed by atoms with Crippen LogP contribution in [-0.2, 0) is 0 Å². The van der Waals surface area contributed by atoms with Crippen LogP contribution in [0.5, 0.6) is 0 Å². The summed E-state index contributed by atoms with van der Waals surface area (Å²) in [5.41, 5.74) is 5.92. The molecule has 0 aliphatic rings. The van der Waals surface area contributed by atoms with Crippen LogP contribution in [0.1, 0.15) is 5.56 Å². The predicted molar refractivity (Wildman–Crippen MR) is 44.6 cm³/mol. The number of hydrogen-bond donors (Lipinski definition) is 1. The molecule has 0 unspecified atom stereocenters. The van der Waals surface area contributed by atoms with Crippen molar-refractivity contribution in [3.63, 3.8) is 0 Å². The first-order chi connectivity index (χ1) is 5.33. The van der Waals surface area contributed by atoms with E-state index in [0.29, 0.717) is 0 Å². The van der Waals surface area contributed by atoms with Crippen LogP contribution in [0, 0.1) is 0 Å². The molecule has 0 radical (unpaired) electrons. The molecule has 58 valence electrons. The Bertz CT molecular complexity index is 241. The minimum absolute atomic E-state index is 0.0328. The van der Waals surface area contributed by atoms with Crippen molar-refractivity contribution in [2.75, 3.05) is 6.54 Å². The van der Waals surface area contributed by atoms with Gasteiger partial charge in [-0.05, 0) is 11.6 Å². The van der Waals surface area contributed by atoms with Gasteiger partial charge in [-0.15, -0.1) is 0 Å². The number of rotatable bonds is 2. The molecule has 0 fully saturated rings. The van der Waals surface area contributed by atoms with Gasteiger partial charge in [0, 0.05) is 6.54 Å². The quantitative estimate of drug-likeness (QED) is 0.687. The first kappa shape index (κ1) is 7.95. The van der Waals surface area contributed by atoms with Gasteiger partial charge in [-0.25, -0.2) is 4.39 Å². The fourth-order valence-electron chi connectivity index (χ4n) is 0.789. The van der Waals surface area contributed by atoms with Crippen LogP contribution in [0.25, 0.3) is 6.08 Å². The van der Waals surface area contributed by atoms with Crippen LogP contribution in [0.2, 0.25) is 0 Å². The highest BCUT2D eigenvalue weighted by Crippen LogP contribution is 2.05. The Balaban J connectivity index is 2.79. The molecular formula is C9H10FN. The van der Waals surface area contributed by atoms with E-state index in [1.807, 2.05) is 30.3 Å². The first-order valence-electron chi connectivity index (χ1n) is 3.44. The molecule has 1 nitrogen and oxygen atoms in total. The molecule has 11 heavy (non-hydrogen) atoms. The monoisotopic (exact) mass is 151 g/mol. The Morgan fingerprint density at radius 1 is 1.36 bits per heavy atom. The summed E-state index contributed by atoms with van der Waals surface area (Å²) in [5.74, 6) is -0.295. The lowest BCUT2D eigenvalue weighted by Crippen LogP contribution is -1.97. The summed E-state index contributed by atoms with van der Waals surface area (Å²) in [5, 5.41) is 0. The molecule has 2 N–H and O–H groups in total. The molecule has 0 heterocycles. The minimum Gasteiger partial charge on any atom is -0.325 e. The maximum atomic E-state index is 12.6. The SMILES string of the molecule is NC/C(F)=C/c1ccccc1. The predicted octanol–water partition coefficient (Wildman–Crippen LogP) is 1.96. The Kier molecular flexibility index (Phi) is 2.81. The molecule has 0 atom stereocenters. The van der Waals surface area contributed by atoms with Gasteiger partial charge in [-0.2, -0.15) is 0 Å². The van der Waals surface area contributed by atoms with Crippen molar-refractivity contribution in [2.24, 2.45) is 5.73 Å². The molecule has 0 spiro atoms. The molecule has 0 aromatic heterocycles. The second kappa shape index (κ2) is 3.88. The zero-order valence-corrected chi connectivity index (χ0v) is 6.13. The summed E-state index contributed by atoms with van der Waals surface area (Å²) in [7, 11) is 0. The summed E-state index contributed by atoms with van der Waals surface area (Å²) in [6, 6.07) is 9.26. The molecule has 1 aromatic rings. The van der Waals surface area contributed by atoms with E-state index >= 15 is 0 Å². The molecule has 2 heteroatoms. The van der Waals surface area contributed by atoms with Crippen LogP contribution in [-0.4, -0.2) is 6.54 Å². The van der Waals surface area contributed by atoms with Crippen molar-refractivity contribution in [1.29, 1.82) is 0 Å². The summed E-state index contributed by atoms with van der Waals surface area (Å²) in [4.78, 5) is 0. The van der Waals surface area contributed by atoms with E-state index < -0.39 is 0 Å². The van der Waals surface area contributed by atoms with E-state index in [0.717, 1.165) is 5.56 Å². The lowest BCUT2D eigenvalue weighted by Gasteiger charge is -1.92. The van der Waals surface area contributed by atoms with Gasteiger partial charge >= 0.3 is 0 Å². The molecule has 0 saturated heterocycles. The zero-order chi connectivity index (χ0) is 8.10. The largest absolute Gasteiger partial charge is 0.325 e. The van der Waals surface area contributed by atoms with Gasteiger partial charge in [0.05, 0.1) is 0 Å². The molecule has 0 aliphatic heterocycles. The maximum absolute atomic E-state index is 12.6. The zero-order valence-electron chi connectivity index (χ0n) is 6.13. The normalized spacial score (nSPS) is 11.6. The van der Waals surface area contributed by atoms with Gasteiger partial charge < -0.3 is 5.73 Å². The van der Waals surface area contributed by atoms with Gasteiger partial charge in [0.2, 0.25) is 0 Å². The highest BCUT2D eigenvalue weighted by Gasteiger charge is 1.89. The molecule has 0 saturated carbocycles. The molecule has 0 bridgehead atoms. The number of hydrogen-bond acceptors (Lipinski definition) is 1. The van der Waals surface area contributed by atoms with E-state index in [-0.39, 0.29) is 12.4 Å². The number of benzene rings is 1. The van der Waals surface area contributed by atoms with Crippen molar-refractivity contribution in [1.82, 2.24) is 0 Å². The van der Waals surface area contributed by atoms with Gasteiger partial charge in [-0.1, -0.05) is 30.3 Å². The minimum atomic E-state index is -0.295. The summed E-state index contributed by atoms with van der Waals surface area (Å²) >= 11 is 0. The van der Waals surface area contributed by atoms with E-state index in [1.54, 1.807) is 0 Å². The second-order valence-electron chi connectivity index (χ2n) is 2.21. The summed E-state index contributed by atoms with van der Waals surface area (Å²) < 4.78 is 12.6. The molecule has 1 aromatic carbocycles. The number of nitrogens with two attached hydrogens (primary N) is 1. The Morgan fingerprint density at radius 3 is 2.55 bits per heavy atom. The van der Waals surface area contributed by atoms with Gasteiger partial charge in [0.1, 0.15) is 5.83 Å². The van der Waals surface area contributed by atoms with E-state index in [2.05, 4.69) is 0 Å². The molecule has 0 aliphatic carbocycles. The first-order valence-corrected chi connectivity index (χ1v) is 3.44. The fourth-order valence-corrected chi connectivity index (χ4v) is 0.789. The highest BCUT2D eigenvalue weighted by atomic mass is 19.1. The molecular weight excluding hydrogens is 141 g/mol. The van der Waals surface area contributed by atoms with Crippen molar-refractivity contribution < 1.29 is 4.39 Å². The van der Waals surface area contributed by atoms with Crippen LogP contribution in [0.4, 0.5) is 4.39 Å². The van der Waals surface area contributed by atoms with Gasteiger partial charge in [0.15, 0.2) is 0 Å². The van der Waals surface area contributed by atoms with Crippen molar-refractivity contribution >= 4 is 6.08 Å². The molecule has 0 amide bonds. The van der Waals surface area contributed by atoms with E-state index in [1.165, 1.54) is 6.08 Å². The van der Waals surface area contributed by atoms with Crippen LogP contribution >= 0.6 is 0 Å². The lowest BCUT2D eigenvalue weighted by molar-refractivity contribution is 0.626. The smallest absolute Gasteiger partial charge is 0.114 e. The number of halogens is 1. The summed E-state index contributed by atoms with van der Waals surface area (Å²) in [6.45, 7) is -0.0328. The van der Waals surface area contributed by atoms with Crippen molar-refractivity contribution in [2.45, 2.75) is 0 Å². The maximum Gasteiger partial charge on any atom is 0.114 e. The lowest BCUT2D eigenvalue weighted by atomic mass is 10.2. The van der Waals surface area contributed by atoms with E-state index in [9.17, 15) is 4.39 Å². The Morgan fingerprint density at radius 2 is 2.00 bits per heavy atom. The summed E-state index contributed by atoms with van der Waals surface area (Å²) in [6.07, 6.45) is 1.43. The van der Waals surface area contributed by atoms with E-state index in [4.69, 9.17) is 5.73 Å². The fraction of sp³-hybridized carbons (Fsp3) is 0.111.